The molecule has 3 aromatic carbocycles. The lowest BCUT2D eigenvalue weighted by Crippen LogP contribution is -2.14. The van der Waals surface area contributed by atoms with Crippen LogP contribution in [0.1, 0.15) is 5.56 Å². The Balaban J connectivity index is 1.44. The summed E-state index contributed by atoms with van der Waals surface area (Å²) in [6, 6.07) is 24.7. The third-order valence-corrected chi connectivity index (χ3v) is 5.85. The van der Waals surface area contributed by atoms with Gasteiger partial charge in [-0.25, -0.2) is 0 Å². The summed E-state index contributed by atoms with van der Waals surface area (Å²) in [5.74, 6) is 3.63. The van der Waals surface area contributed by atoms with Crippen LogP contribution < -0.4 is 14.8 Å². The van der Waals surface area contributed by atoms with E-state index >= 15 is 0 Å². The summed E-state index contributed by atoms with van der Waals surface area (Å²) in [4.78, 5) is 0. The number of rotatable bonds is 6. The van der Waals surface area contributed by atoms with Gasteiger partial charge in [-0.2, -0.15) is 0 Å². The molecule has 3 nitrogen and oxygen atoms in total. The predicted octanol–water partition coefficient (Wildman–Crippen LogP) is 5.36. The molecule has 1 unspecified atom stereocenters. The average Bonchev–Trinajstić information content (AvgIpc) is 3.23. The van der Waals surface area contributed by atoms with Gasteiger partial charge in [-0.05, 0) is 59.5 Å². The zero-order valence-corrected chi connectivity index (χ0v) is 16.2. The first-order valence-electron chi connectivity index (χ1n) is 9.14. The van der Waals surface area contributed by atoms with Crippen LogP contribution in [0.25, 0.3) is 11.1 Å². The van der Waals surface area contributed by atoms with E-state index in [9.17, 15) is 0 Å². The van der Waals surface area contributed by atoms with Gasteiger partial charge in [0.1, 0.15) is 17.2 Å². The standard InChI is InChI=1S/C23H23NO2S/c1-25-20-11-7-18(8-12-20)19-3-2-4-22(14-19)26-21-9-5-17(6-10-21)13-23-15-24-16-27-23/h2-12,14,23-24H,13,15-16H2,1H3. The van der Waals surface area contributed by atoms with Crippen LogP contribution >= 0.6 is 11.8 Å². The molecule has 0 amide bonds. The molecule has 1 fully saturated rings. The largest absolute Gasteiger partial charge is 0.497 e. The van der Waals surface area contributed by atoms with Crippen molar-refractivity contribution in [2.75, 3.05) is 19.5 Å². The van der Waals surface area contributed by atoms with Crippen molar-refractivity contribution in [1.82, 2.24) is 5.32 Å². The van der Waals surface area contributed by atoms with Gasteiger partial charge in [0.25, 0.3) is 0 Å². The Kier molecular flexibility index (Phi) is 5.66. The van der Waals surface area contributed by atoms with Crippen molar-refractivity contribution in [3.8, 4) is 28.4 Å². The van der Waals surface area contributed by atoms with E-state index in [-0.39, 0.29) is 0 Å². The molecule has 27 heavy (non-hydrogen) atoms. The maximum Gasteiger partial charge on any atom is 0.128 e. The molecule has 4 rings (SSSR count). The quantitative estimate of drug-likeness (QED) is 0.626. The van der Waals surface area contributed by atoms with Gasteiger partial charge < -0.3 is 14.8 Å². The van der Waals surface area contributed by atoms with E-state index in [4.69, 9.17) is 9.47 Å². The summed E-state index contributed by atoms with van der Waals surface area (Å²) in [6.07, 6.45) is 1.10. The summed E-state index contributed by atoms with van der Waals surface area (Å²) < 4.78 is 11.3. The first-order chi connectivity index (χ1) is 13.3. The molecule has 1 aliphatic heterocycles. The van der Waals surface area contributed by atoms with E-state index in [2.05, 4.69) is 53.8 Å². The van der Waals surface area contributed by atoms with Crippen molar-refractivity contribution in [2.24, 2.45) is 0 Å². The molecule has 138 valence electrons. The maximum atomic E-state index is 6.07. The Morgan fingerprint density at radius 1 is 0.889 bits per heavy atom. The van der Waals surface area contributed by atoms with Crippen LogP contribution in [-0.4, -0.2) is 24.8 Å². The molecule has 1 heterocycles. The van der Waals surface area contributed by atoms with Crippen molar-refractivity contribution < 1.29 is 9.47 Å². The number of hydrogen-bond donors (Lipinski definition) is 1. The lowest BCUT2D eigenvalue weighted by Gasteiger charge is -2.10. The van der Waals surface area contributed by atoms with Crippen LogP contribution in [0.15, 0.2) is 72.8 Å². The molecule has 4 heteroatoms. The van der Waals surface area contributed by atoms with Crippen LogP contribution in [0.2, 0.25) is 0 Å². The van der Waals surface area contributed by atoms with E-state index in [0.717, 1.165) is 47.2 Å². The summed E-state index contributed by atoms with van der Waals surface area (Å²) in [7, 11) is 1.68. The average molecular weight is 378 g/mol. The minimum absolute atomic E-state index is 0.679. The second-order valence-corrected chi connectivity index (χ2v) is 7.88. The molecule has 1 N–H and O–H groups in total. The van der Waals surface area contributed by atoms with Gasteiger partial charge in [0.15, 0.2) is 0 Å². The van der Waals surface area contributed by atoms with Crippen molar-refractivity contribution in [3.05, 3.63) is 78.4 Å². The van der Waals surface area contributed by atoms with Gasteiger partial charge in [0.2, 0.25) is 0 Å². The number of thioether (sulfide) groups is 1. The van der Waals surface area contributed by atoms with Gasteiger partial charge in [0.05, 0.1) is 7.11 Å². The minimum atomic E-state index is 0.679. The second kappa shape index (κ2) is 8.51. The highest BCUT2D eigenvalue weighted by Gasteiger charge is 2.15. The summed E-state index contributed by atoms with van der Waals surface area (Å²) >= 11 is 2.00. The van der Waals surface area contributed by atoms with E-state index < -0.39 is 0 Å². The van der Waals surface area contributed by atoms with E-state index in [1.807, 2.05) is 36.0 Å². The highest BCUT2D eigenvalue weighted by atomic mass is 32.2. The number of methoxy groups -OCH3 is 1. The molecule has 0 aromatic heterocycles. The van der Waals surface area contributed by atoms with Gasteiger partial charge in [-0.1, -0.05) is 36.4 Å². The highest BCUT2D eigenvalue weighted by Crippen LogP contribution is 2.29. The van der Waals surface area contributed by atoms with Gasteiger partial charge in [-0.15, -0.1) is 11.8 Å². The molecule has 0 bridgehead atoms. The van der Waals surface area contributed by atoms with Gasteiger partial charge in [0, 0.05) is 17.7 Å². The fourth-order valence-corrected chi connectivity index (χ4v) is 4.22. The number of ether oxygens (including phenoxy) is 2. The zero-order valence-electron chi connectivity index (χ0n) is 15.4. The Labute approximate surface area is 164 Å². The maximum absolute atomic E-state index is 6.07. The monoisotopic (exact) mass is 377 g/mol. The SMILES string of the molecule is COc1ccc(-c2cccc(Oc3ccc(CC4CNCS4)cc3)c2)cc1. The van der Waals surface area contributed by atoms with Crippen LogP contribution in [0.3, 0.4) is 0 Å². The minimum Gasteiger partial charge on any atom is -0.497 e. The summed E-state index contributed by atoms with van der Waals surface area (Å²) in [6.45, 7) is 1.10. The topological polar surface area (TPSA) is 30.5 Å². The molecule has 0 spiro atoms. The van der Waals surface area contributed by atoms with Crippen molar-refractivity contribution in [2.45, 2.75) is 11.7 Å². The number of hydrogen-bond acceptors (Lipinski definition) is 4. The Bertz CT molecular complexity index is 872. The van der Waals surface area contributed by atoms with E-state index in [0.29, 0.717) is 5.25 Å². The fourth-order valence-electron chi connectivity index (χ4n) is 3.20. The molecule has 0 saturated carbocycles. The van der Waals surface area contributed by atoms with E-state index in [1.165, 1.54) is 5.56 Å². The highest BCUT2D eigenvalue weighted by molar-refractivity contribution is 8.00. The third kappa shape index (κ3) is 4.65. The summed E-state index contributed by atoms with van der Waals surface area (Å²) in [5, 5.41) is 4.07. The second-order valence-electron chi connectivity index (χ2n) is 6.59. The van der Waals surface area contributed by atoms with Crippen molar-refractivity contribution in [1.29, 1.82) is 0 Å². The Hall–Kier alpha value is -2.43. The van der Waals surface area contributed by atoms with Gasteiger partial charge in [-0.3, -0.25) is 0 Å². The first-order valence-corrected chi connectivity index (χ1v) is 10.2. The third-order valence-electron chi connectivity index (χ3n) is 4.67. The Morgan fingerprint density at radius 2 is 1.67 bits per heavy atom. The molecular formula is C23H23NO2S. The van der Waals surface area contributed by atoms with Crippen LogP contribution in [-0.2, 0) is 6.42 Å². The molecular weight excluding hydrogens is 354 g/mol. The molecule has 3 aromatic rings. The van der Waals surface area contributed by atoms with Crippen LogP contribution in [0.4, 0.5) is 0 Å². The Morgan fingerprint density at radius 3 is 2.37 bits per heavy atom. The number of nitrogens with one attached hydrogen (secondary N) is 1. The van der Waals surface area contributed by atoms with E-state index in [1.54, 1.807) is 7.11 Å². The normalized spacial score (nSPS) is 16.3. The lowest BCUT2D eigenvalue weighted by molar-refractivity contribution is 0.415. The van der Waals surface area contributed by atoms with Crippen LogP contribution in [0.5, 0.6) is 17.2 Å². The molecule has 0 radical (unpaired) electrons. The van der Waals surface area contributed by atoms with Crippen molar-refractivity contribution >= 4 is 11.8 Å². The number of benzene rings is 3. The molecule has 1 atom stereocenters. The zero-order chi connectivity index (χ0) is 18.5. The van der Waals surface area contributed by atoms with Crippen LogP contribution in [0, 0.1) is 0 Å². The van der Waals surface area contributed by atoms with Gasteiger partial charge >= 0.3 is 0 Å². The lowest BCUT2D eigenvalue weighted by atomic mass is 10.1. The molecule has 1 aliphatic rings. The summed E-state index contributed by atoms with van der Waals surface area (Å²) in [5.41, 5.74) is 3.62. The molecule has 0 aliphatic carbocycles. The van der Waals surface area contributed by atoms with Crippen molar-refractivity contribution in [3.63, 3.8) is 0 Å². The smallest absolute Gasteiger partial charge is 0.128 e. The predicted molar refractivity (Wildman–Crippen MR) is 113 cm³/mol. The molecule has 1 saturated heterocycles. The first kappa shape index (κ1) is 18.0. The fraction of sp³-hybridized carbons (Fsp3) is 0.217.